The number of nitrogens with zero attached hydrogens (tertiary/aromatic N) is 5. The van der Waals surface area contributed by atoms with Crippen molar-refractivity contribution in [2.24, 2.45) is 0 Å². The summed E-state index contributed by atoms with van der Waals surface area (Å²) in [7, 11) is 0. The van der Waals surface area contributed by atoms with Gasteiger partial charge in [-0.3, -0.25) is 14.4 Å². The topological polar surface area (TPSA) is 108 Å². The minimum Gasteiger partial charge on any atom is -0.394 e. The number of ether oxygens (including phenoxy) is 1. The van der Waals surface area contributed by atoms with E-state index in [0.717, 1.165) is 36.8 Å². The highest BCUT2D eigenvalue weighted by Crippen LogP contribution is 2.30. The van der Waals surface area contributed by atoms with Crippen LogP contribution >= 0.6 is 0 Å². The molecule has 0 bridgehead atoms. The normalized spacial score (nSPS) is 16.6. The van der Waals surface area contributed by atoms with Gasteiger partial charge in [0.25, 0.3) is 17.7 Å². The first kappa shape index (κ1) is 31.4. The van der Waals surface area contributed by atoms with Gasteiger partial charge in [0.2, 0.25) is 0 Å². The molecule has 10 heteroatoms. The molecular weight excluding hydrogens is 558 g/mol. The number of rotatable bonds is 11. The molecule has 1 N–H and O–H groups in total. The molecule has 0 radical (unpaired) electrons. The maximum atomic E-state index is 14.5. The van der Waals surface area contributed by atoms with Gasteiger partial charge in [-0.1, -0.05) is 51.0 Å². The minimum atomic E-state index is -0.402. The Bertz CT molecular complexity index is 1490. The predicted octanol–water partition coefficient (Wildman–Crippen LogP) is 4.15. The molecule has 1 aromatic heterocycles. The van der Waals surface area contributed by atoms with Gasteiger partial charge in [-0.2, -0.15) is 5.10 Å². The van der Waals surface area contributed by atoms with Gasteiger partial charge in [-0.15, -0.1) is 0 Å². The number of carbonyl (C=O) groups excluding carboxylic acids is 3. The van der Waals surface area contributed by atoms with Crippen LogP contribution in [0.2, 0.25) is 0 Å². The zero-order chi connectivity index (χ0) is 31.2. The summed E-state index contributed by atoms with van der Waals surface area (Å²) in [4.78, 5) is 46.0. The SMILES string of the molecule is CCCCN(CCCC)C(=O)c1cc(C)n(-c2ccc(N3CCOCC3=O)cc2C(=O)N2Cc3ccccc3C[C@H]2CO)n1. The number of aryl methyl sites for hydroxylation is 1. The highest BCUT2D eigenvalue weighted by atomic mass is 16.5. The summed E-state index contributed by atoms with van der Waals surface area (Å²) < 4.78 is 6.97. The van der Waals surface area contributed by atoms with E-state index in [1.54, 1.807) is 32.7 Å². The molecule has 234 valence electrons. The number of hydrogen-bond acceptors (Lipinski definition) is 6. The number of hydrogen-bond donors (Lipinski definition) is 1. The second kappa shape index (κ2) is 14.2. The van der Waals surface area contributed by atoms with E-state index in [-0.39, 0.29) is 30.9 Å². The summed E-state index contributed by atoms with van der Waals surface area (Å²) in [6.07, 6.45) is 4.35. The lowest BCUT2D eigenvalue weighted by Gasteiger charge is -2.36. The fourth-order valence-corrected chi connectivity index (χ4v) is 5.98. The van der Waals surface area contributed by atoms with Gasteiger partial charge in [0.15, 0.2) is 5.69 Å². The molecule has 2 aliphatic heterocycles. The maximum Gasteiger partial charge on any atom is 0.274 e. The number of amides is 3. The summed E-state index contributed by atoms with van der Waals surface area (Å²) in [6.45, 7) is 8.37. The van der Waals surface area contributed by atoms with E-state index in [0.29, 0.717) is 67.5 Å². The lowest BCUT2D eigenvalue weighted by molar-refractivity contribution is -0.125. The molecule has 0 unspecified atom stereocenters. The first-order chi connectivity index (χ1) is 21.4. The van der Waals surface area contributed by atoms with Crippen molar-refractivity contribution in [1.29, 1.82) is 0 Å². The molecule has 1 fully saturated rings. The number of unbranched alkanes of at least 4 members (excludes halogenated alkanes) is 2. The fraction of sp³-hybridized carbons (Fsp3) is 0.471. The molecule has 2 aliphatic rings. The van der Waals surface area contributed by atoms with E-state index in [4.69, 9.17) is 9.84 Å². The van der Waals surface area contributed by atoms with Crippen molar-refractivity contribution in [2.75, 3.05) is 44.4 Å². The Labute approximate surface area is 259 Å². The van der Waals surface area contributed by atoms with Crippen molar-refractivity contribution in [3.05, 3.63) is 76.6 Å². The minimum absolute atomic E-state index is 0.0170. The second-order valence-corrected chi connectivity index (χ2v) is 11.6. The Hall–Kier alpha value is -4.02. The van der Waals surface area contributed by atoms with E-state index >= 15 is 0 Å². The van der Waals surface area contributed by atoms with E-state index in [9.17, 15) is 19.5 Å². The molecule has 10 nitrogen and oxygen atoms in total. The molecule has 5 rings (SSSR count). The Morgan fingerprint density at radius 3 is 2.45 bits per heavy atom. The van der Waals surface area contributed by atoms with Gasteiger partial charge < -0.3 is 24.5 Å². The highest BCUT2D eigenvalue weighted by molar-refractivity contribution is 6.01. The summed E-state index contributed by atoms with van der Waals surface area (Å²) in [5.74, 6) is -0.568. The van der Waals surface area contributed by atoms with Crippen LogP contribution < -0.4 is 4.90 Å². The second-order valence-electron chi connectivity index (χ2n) is 11.6. The largest absolute Gasteiger partial charge is 0.394 e. The zero-order valence-corrected chi connectivity index (χ0v) is 26.0. The number of benzene rings is 2. The predicted molar refractivity (Wildman–Crippen MR) is 168 cm³/mol. The molecule has 1 atom stereocenters. The van der Waals surface area contributed by atoms with Crippen LogP contribution in [0, 0.1) is 6.92 Å². The van der Waals surface area contributed by atoms with Gasteiger partial charge >= 0.3 is 0 Å². The van der Waals surface area contributed by atoms with Crippen molar-refractivity contribution in [1.82, 2.24) is 19.6 Å². The number of aliphatic hydroxyl groups excluding tert-OH is 1. The van der Waals surface area contributed by atoms with Crippen molar-refractivity contribution >= 4 is 23.4 Å². The van der Waals surface area contributed by atoms with E-state index in [1.807, 2.05) is 42.2 Å². The van der Waals surface area contributed by atoms with Crippen LogP contribution in [0.5, 0.6) is 0 Å². The third-order valence-corrected chi connectivity index (χ3v) is 8.52. The smallest absolute Gasteiger partial charge is 0.274 e. The molecule has 44 heavy (non-hydrogen) atoms. The van der Waals surface area contributed by atoms with E-state index in [1.165, 1.54) is 0 Å². The summed E-state index contributed by atoms with van der Waals surface area (Å²) in [5, 5.41) is 15.1. The van der Waals surface area contributed by atoms with Crippen LogP contribution in [0.25, 0.3) is 5.69 Å². The Morgan fingerprint density at radius 2 is 1.77 bits per heavy atom. The molecule has 0 spiro atoms. The standard InChI is InChI=1S/C34H43N5O5/c1-4-6-14-36(15-7-5-2)34(43)30-18-24(3)39(35-30)31-13-12-27(37-16-17-44-23-32(37)41)20-29(31)33(42)38-21-26-11-9-8-10-25(26)19-28(38)22-40/h8-13,18,20,28,40H,4-7,14-17,19,21-23H2,1-3H3/t28-/m0/s1. The number of carbonyl (C=O) groups is 3. The van der Waals surface area contributed by atoms with Crippen molar-refractivity contribution < 1.29 is 24.2 Å². The van der Waals surface area contributed by atoms with Crippen molar-refractivity contribution in [3.8, 4) is 5.69 Å². The third-order valence-electron chi connectivity index (χ3n) is 8.52. The number of morpholine rings is 1. The van der Waals surface area contributed by atoms with E-state index < -0.39 is 6.04 Å². The van der Waals surface area contributed by atoms with Gasteiger partial charge in [0, 0.05) is 37.6 Å². The highest BCUT2D eigenvalue weighted by Gasteiger charge is 2.33. The van der Waals surface area contributed by atoms with Gasteiger partial charge in [-0.05, 0) is 61.6 Å². The van der Waals surface area contributed by atoms with Crippen molar-refractivity contribution in [2.45, 2.75) is 65.5 Å². The molecule has 3 amide bonds. The summed E-state index contributed by atoms with van der Waals surface area (Å²) in [6, 6.07) is 14.7. The quantitative estimate of drug-likeness (QED) is 0.354. The molecule has 0 aliphatic carbocycles. The summed E-state index contributed by atoms with van der Waals surface area (Å²) in [5.41, 5.74) is 4.65. The Kier molecular flexibility index (Phi) is 10.1. The molecule has 0 saturated carbocycles. The van der Waals surface area contributed by atoms with Gasteiger partial charge in [0.05, 0.1) is 30.5 Å². The average molecular weight is 602 g/mol. The van der Waals surface area contributed by atoms with Crippen LogP contribution in [-0.2, 0) is 22.5 Å². The Balaban J connectivity index is 1.55. The van der Waals surface area contributed by atoms with Crippen LogP contribution in [0.15, 0.2) is 48.5 Å². The summed E-state index contributed by atoms with van der Waals surface area (Å²) >= 11 is 0. The van der Waals surface area contributed by atoms with Gasteiger partial charge in [0.1, 0.15) is 6.61 Å². The lowest BCUT2D eigenvalue weighted by Crippen LogP contribution is -2.46. The third kappa shape index (κ3) is 6.56. The number of aromatic nitrogens is 2. The average Bonchev–Trinajstić information content (AvgIpc) is 3.44. The molecular formula is C34H43N5O5. The van der Waals surface area contributed by atoms with Crippen LogP contribution in [0.4, 0.5) is 5.69 Å². The Morgan fingerprint density at radius 1 is 1.05 bits per heavy atom. The number of aliphatic hydroxyl groups is 1. The number of anilines is 1. The molecule has 3 aromatic rings. The van der Waals surface area contributed by atoms with Crippen LogP contribution in [-0.4, -0.2) is 87.9 Å². The van der Waals surface area contributed by atoms with Crippen molar-refractivity contribution in [3.63, 3.8) is 0 Å². The first-order valence-corrected chi connectivity index (χ1v) is 15.7. The number of fused-ring (bicyclic) bond motifs is 1. The molecule has 3 heterocycles. The maximum absolute atomic E-state index is 14.5. The first-order valence-electron chi connectivity index (χ1n) is 15.7. The fourth-order valence-electron chi connectivity index (χ4n) is 5.98. The lowest BCUT2D eigenvalue weighted by atomic mass is 9.93. The molecule has 2 aromatic carbocycles. The van der Waals surface area contributed by atoms with Crippen LogP contribution in [0.1, 0.15) is 77.2 Å². The molecule has 1 saturated heterocycles. The van der Waals surface area contributed by atoms with Crippen LogP contribution in [0.3, 0.4) is 0 Å². The van der Waals surface area contributed by atoms with Gasteiger partial charge in [-0.25, -0.2) is 4.68 Å². The zero-order valence-electron chi connectivity index (χ0n) is 26.0. The van der Waals surface area contributed by atoms with E-state index in [2.05, 4.69) is 13.8 Å². The monoisotopic (exact) mass is 601 g/mol.